The highest BCUT2D eigenvalue weighted by molar-refractivity contribution is 5.75. The van der Waals surface area contributed by atoms with Crippen LogP contribution in [0.5, 0.6) is 0 Å². The van der Waals surface area contributed by atoms with Crippen LogP contribution in [0.15, 0.2) is 30.6 Å². The standard InChI is InChI=1S/C18H24N6/c1-13-9-18(22-21-13)24-7-5-15(6-8-24)19-11-14-3-4-17-16(10-14)20-12-23(17)2/h3-4,9-10,12,15,19H,5-8,11H2,1-2H3,(H,21,22). The van der Waals surface area contributed by atoms with E-state index in [1.807, 2.05) is 20.3 Å². The predicted octanol–water partition coefficient (Wildman–Crippen LogP) is 2.36. The highest BCUT2D eigenvalue weighted by Crippen LogP contribution is 2.19. The first-order chi connectivity index (χ1) is 11.7. The maximum Gasteiger partial charge on any atom is 0.150 e. The molecule has 24 heavy (non-hydrogen) atoms. The van der Waals surface area contributed by atoms with Crippen molar-refractivity contribution in [2.24, 2.45) is 7.05 Å². The van der Waals surface area contributed by atoms with Crippen molar-refractivity contribution in [2.75, 3.05) is 18.0 Å². The lowest BCUT2D eigenvalue weighted by atomic mass is 10.0. The molecule has 126 valence electrons. The molecule has 4 rings (SSSR count). The first kappa shape index (κ1) is 15.2. The molecule has 1 aliphatic heterocycles. The summed E-state index contributed by atoms with van der Waals surface area (Å²) in [5, 5.41) is 11.1. The minimum atomic E-state index is 0.570. The number of hydrogen-bond donors (Lipinski definition) is 2. The molecule has 1 aromatic carbocycles. The van der Waals surface area contributed by atoms with Gasteiger partial charge in [-0.05, 0) is 37.5 Å². The van der Waals surface area contributed by atoms with Crippen LogP contribution in [0.3, 0.4) is 0 Å². The smallest absolute Gasteiger partial charge is 0.150 e. The van der Waals surface area contributed by atoms with Crippen molar-refractivity contribution in [1.29, 1.82) is 0 Å². The van der Waals surface area contributed by atoms with Gasteiger partial charge in [0.1, 0.15) is 0 Å². The van der Waals surface area contributed by atoms with Crippen LogP contribution in [-0.2, 0) is 13.6 Å². The van der Waals surface area contributed by atoms with Crippen molar-refractivity contribution in [3.8, 4) is 0 Å². The quantitative estimate of drug-likeness (QED) is 0.773. The van der Waals surface area contributed by atoms with E-state index in [1.165, 1.54) is 11.1 Å². The molecule has 0 bridgehead atoms. The number of H-pyrrole nitrogens is 1. The zero-order chi connectivity index (χ0) is 16.5. The largest absolute Gasteiger partial charge is 0.355 e. The number of aromatic nitrogens is 4. The fraction of sp³-hybridized carbons (Fsp3) is 0.444. The number of anilines is 1. The van der Waals surface area contributed by atoms with Gasteiger partial charge in [0.05, 0.1) is 17.4 Å². The highest BCUT2D eigenvalue weighted by Gasteiger charge is 2.20. The number of nitrogens with one attached hydrogen (secondary N) is 2. The van der Waals surface area contributed by atoms with Gasteiger partial charge in [-0.3, -0.25) is 5.10 Å². The Bertz CT molecular complexity index is 825. The van der Waals surface area contributed by atoms with Crippen molar-refractivity contribution >= 4 is 16.9 Å². The fourth-order valence-corrected chi connectivity index (χ4v) is 3.43. The molecule has 0 radical (unpaired) electrons. The number of piperidine rings is 1. The van der Waals surface area contributed by atoms with E-state index in [0.717, 1.165) is 49.5 Å². The van der Waals surface area contributed by atoms with Crippen molar-refractivity contribution in [3.63, 3.8) is 0 Å². The Morgan fingerprint density at radius 3 is 2.83 bits per heavy atom. The van der Waals surface area contributed by atoms with Crippen LogP contribution in [0.1, 0.15) is 24.1 Å². The molecule has 2 aromatic heterocycles. The minimum Gasteiger partial charge on any atom is -0.355 e. The molecule has 3 aromatic rings. The summed E-state index contributed by atoms with van der Waals surface area (Å²) in [7, 11) is 2.03. The topological polar surface area (TPSA) is 61.8 Å². The van der Waals surface area contributed by atoms with Gasteiger partial charge in [0.15, 0.2) is 5.82 Å². The number of imidazole rings is 1. The Balaban J connectivity index is 1.32. The van der Waals surface area contributed by atoms with Crippen molar-refractivity contribution in [2.45, 2.75) is 32.4 Å². The third-order valence-electron chi connectivity index (χ3n) is 4.90. The third-order valence-corrected chi connectivity index (χ3v) is 4.90. The number of fused-ring (bicyclic) bond motifs is 1. The SMILES string of the molecule is Cc1cc(N2CCC(NCc3ccc4c(c3)ncn4C)CC2)n[nH]1. The number of hydrogen-bond acceptors (Lipinski definition) is 4. The maximum atomic E-state index is 4.44. The molecule has 0 spiro atoms. The van der Waals surface area contributed by atoms with E-state index in [-0.39, 0.29) is 0 Å². The molecular formula is C18H24N6. The summed E-state index contributed by atoms with van der Waals surface area (Å²) in [5.74, 6) is 1.08. The summed E-state index contributed by atoms with van der Waals surface area (Å²) in [5.41, 5.74) is 4.67. The Morgan fingerprint density at radius 2 is 2.08 bits per heavy atom. The summed E-state index contributed by atoms with van der Waals surface area (Å²) in [6, 6.07) is 9.22. The van der Waals surface area contributed by atoms with Gasteiger partial charge in [-0.25, -0.2) is 4.98 Å². The van der Waals surface area contributed by atoms with E-state index < -0.39 is 0 Å². The molecule has 0 amide bonds. The van der Waals surface area contributed by atoms with Crippen LogP contribution in [0.2, 0.25) is 0 Å². The molecule has 6 heteroatoms. The molecule has 2 N–H and O–H groups in total. The predicted molar refractivity (Wildman–Crippen MR) is 96.1 cm³/mol. The molecule has 1 fully saturated rings. The molecule has 0 unspecified atom stereocenters. The van der Waals surface area contributed by atoms with Gasteiger partial charge >= 0.3 is 0 Å². The number of aromatic amines is 1. The van der Waals surface area contributed by atoms with Gasteiger partial charge < -0.3 is 14.8 Å². The van der Waals surface area contributed by atoms with Crippen LogP contribution < -0.4 is 10.2 Å². The van der Waals surface area contributed by atoms with E-state index in [4.69, 9.17) is 0 Å². The van der Waals surface area contributed by atoms with E-state index in [9.17, 15) is 0 Å². The molecule has 0 saturated carbocycles. The lowest BCUT2D eigenvalue weighted by Gasteiger charge is -2.32. The zero-order valence-corrected chi connectivity index (χ0v) is 14.3. The summed E-state index contributed by atoms with van der Waals surface area (Å²) >= 11 is 0. The van der Waals surface area contributed by atoms with E-state index in [1.54, 1.807) is 0 Å². The lowest BCUT2D eigenvalue weighted by Crippen LogP contribution is -2.42. The third kappa shape index (κ3) is 3.01. The molecular weight excluding hydrogens is 300 g/mol. The van der Waals surface area contributed by atoms with Crippen LogP contribution in [-0.4, -0.2) is 38.9 Å². The molecule has 1 aliphatic rings. The Morgan fingerprint density at radius 1 is 1.25 bits per heavy atom. The summed E-state index contributed by atoms with van der Waals surface area (Å²) in [6.07, 6.45) is 4.17. The average molecular weight is 324 g/mol. The van der Waals surface area contributed by atoms with Crippen LogP contribution in [0.25, 0.3) is 11.0 Å². The summed E-state index contributed by atoms with van der Waals surface area (Å²) < 4.78 is 2.05. The minimum absolute atomic E-state index is 0.570. The molecule has 0 aliphatic carbocycles. The molecule has 1 saturated heterocycles. The van der Waals surface area contributed by atoms with E-state index in [2.05, 4.69) is 54.2 Å². The molecule has 3 heterocycles. The first-order valence-corrected chi connectivity index (χ1v) is 8.59. The van der Waals surface area contributed by atoms with Gasteiger partial charge in [0.2, 0.25) is 0 Å². The van der Waals surface area contributed by atoms with Crippen LogP contribution in [0.4, 0.5) is 5.82 Å². The lowest BCUT2D eigenvalue weighted by molar-refractivity contribution is 0.413. The van der Waals surface area contributed by atoms with Crippen molar-refractivity contribution < 1.29 is 0 Å². The van der Waals surface area contributed by atoms with Gasteiger partial charge in [-0.15, -0.1) is 0 Å². The van der Waals surface area contributed by atoms with Crippen molar-refractivity contribution in [3.05, 3.63) is 41.9 Å². The molecule has 0 atom stereocenters. The normalized spacial score (nSPS) is 16.2. The second kappa shape index (κ2) is 6.28. The number of aryl methyl sites for hydroxylation is 2. The molecule has 6 nitrogen and oxygen atoms in total. The highest BCUT2D eigenvalue weighted by atomic mass is 15.3. The van der Waals surface area contributed by atoms with E-state index >= 15 is 0 Å². The Kier molecular flexibility index (Phi) is 3.98. The monoisotopic (exact) mass is 324 g/mol. The van der Waals surface area contributed by atoms with E-state index in [0.29, 0.717) is 6.04 Å². The zero-order valence-electron chi connectivity index (χ0n) is 14.3. The van der Waals surface area contributed by atoms with Crippen LogP contribution in [0, 0.1) is 6.92 Å². The van der Waals surface area contributed by atoms with Gasteiger partial charge in [0.25, 0.3) is 0 Å². The Labute approximate surface area is 141 Å². The number of benzene rings is 1. The van der Waals surface area contributed by atoms with Crippen LogP contribution >= 0.6 is 0 Å². The number of rotatable bonds is 4. The second-order valence-electron chi connectivity index (χ2n) is 6.73. The average Bonchev–Trinajstić information content (AvgIpc) is 3.20. The van der Waals surface area contributed by atoms with Gasteiger partial charge in [0, 0.05) is 44.5 Å². The fourth-order valence-electron chi connectivity index (χ4n) is 3.43. The summed E-state index contributed by atoms with van der Waals surface area (Å²) in [4.78, 5) is 6.80. The Hall–Kier alpha value is -2.34. The second-order valence-corrected chi connectivity index (χ2v) is 6.73. The maximum absolute atomic E-state index is 4.44. The summed E-state index contributed by atoms with van der Waals surface area (Å²) in [6.45, 7) is 5.06. The number of nitrogens with zero attached hydrogens (tertiary/aromatic N) is 4. The van der Waals surface area contributed by atoms with Crippen molar-refractivity contribution in [1.82, 2.24) is 25.1 Å². The first-order valence-electron chi connectivity index (χ1n) is 8.59. The van der Waals surface area contributed by atoms with Gasteiger partial charge in [-0.2, -0.15) is 5.10 Å². The van der Waals surface area contributed by atoms with Gasteiger partial charge in [-0.1, -0.05) is 6.07 Å².